The van der Waals surface area contributed by atoms with Crippen molar-refractivity contribution in [2.75, 3.05) is 26.3 Å². The minimum atomic E-state index is 0.712. The van der Waals surface area contributed by atoms with Gasteiger partial charge in [0, 0.05) is 19.1 Å². The zero-order chi connectivity index (χ0) is 8.27. The summed E-state index contributed by atoms with van der Waals surface area (Å²) in [5.74, 6) is 0. The maximum Gasteiger partial charge on any atom is 0.0508 e. The van der Waals surface area contributed by atoms with E-state index in [1.165, 1.54) is 32.7 Å². The average molecular weight is 157 g/mol. The fourth-order valence-electron chi connectivity index (χ4n) is 1.58. The maximum absolute atomic E-state index is 2.53. The summed E-state index contributed by atoms with van der Waals surface area (Å²) in [4.78, 5) is 5.04. The normalized spacial score (nSPS) is 22.9. The quantitative estimate of drug-likeness (QED) is 0.559. The summed E-state index contributed by atoms with van der Waals surface area (Å²) in [5, 5.41) is 0. The van der Waals surface area contributed by atoms with Crippen molar-refractivity contribution < 1.29 is 0 Å². The van der Waals surface area contributed by atoms with Crippen LogP contribution >= 0.6 is 0 Å². The summed E-state index contributed by atoms with van der Waals surface area (Å²) in [7, 11) is 0. The van der Waals surface area contributed by atoms with Crippen LogP contribution in [0.1, 0.15) is 27.2 Å². The van der Waals surface area contributed by atoms with Gasteiger partial charge in [-0.25, -0.2) is 0 Å². The molecule has 0 radical (unpaired) electrons. The van der Waals surface area contributed by atoms with Gasteiger partial charge in [-0.05, 0) is 26.8 Å². The third-order valence-corrected chi connectivity index (χ3v) is 2.48. The molecular weight excluding hydrogens is 137 g/mol. The topological polar surface area (TPSA) is 6.48 Å². The summed E-state index contributed by atoms with van der Waals surface area (Å²) in [5.41, 5.74) is 0. The van der Waals surface area contributed by atoms with Gasteiger partial charge in [-0.15, -0.1) is 0 Å². The maximum atomic E-state index is 2.53. The molecule has 1 heterocycles. The molecule has 0 aliphatic carbocycles. The molecule has 0 bridgehead atoms. The van der Waals surface area contributed by atoms with Crippen molar-refractivity contribution >= 4 is 0 Å². The molecular formula is C9H20N2. The summed E-state index contributed by atoms with van der Waals surface area (Å²) < 4.78 is 0. The smallest absolute Gasteiger partial charge is 0.0508 e. The highest BCUT2D eigenvalue weighted by Crippen LogP contribution is 2.08. The number of hydrogen-bond donors (Lipinski definition) is 0. The van der Waals surface area contributed by atoms with E-state index in [0.717, 1.165) is 0 Å². The highest BCUT2D eigenvalue weighted by molar-refractivity contribution is 4.69. The van der Waals surface area contributed by atoms with E-state index >= 15 is 0 Å². The predicted octanol–water partition coefficient (Wildman–Crippen LogP) is 1.38. The van der Waals surface area contributed by atoms with Gasteiger partial charge in [0.05, 0.1) is 6.67 Å². The van der Waals surface area contributed by atoms with E-state index < -0.39 is 0 Å². The van der Waals surface area contributed by atoms with Crippen LogP contribution in [0, 0.1) is 0 Å². The fraction of sp³-hybridized carbons (Fsp3) is 1.00. The highest BCUT2D eigenvalue weighted by Gasteiger charge is 2.17. The Labute approximate surface area is 70.2 Å². The van der Waals surface area contributed by atoms with E-state index in [-0.39, 0.29) is 0 Å². The molecule has 1 fully saturated rings. The van der Waals surface area contributed by atoms with Crippen LogP contribution in [0.2, 0.25) is 0 Å². The van der Waals surface area contributed by atoms with Crippen LogP contribution in [0.5, 0.6) is 0 Å². The summed E-state index contributed by atoms with van der Waals surface area (Å²) in [6, 6.07) is 0.712. The predicted molar refractivity (Wildman–Crippen MR) is 48.6 cm³/mol. The second kappa shape index (κ2) is 4.07. The van der Waals surface area contributed by atoms with Gasteiger partial charge in [-0.3, -0.25) is 9.80 Å². The molecule has 0 amide bonds. The molecule has 1 aliphatic heterocycles. The monoisotopic (exact) mass is 157 g/mol. The van der Waals surface area contributed by atoms with E-state index in [2.05, 4.69) is 30.6 Å². The minimum Gasteiger partial charge on any atom is -0.291 e. The van der Waals surface area contributed by atoms with E-state index in [9.17, 15) is 0 Å². The van der Waals surface area contributed by atoms with Gasteiger partial charge in [0.25, 0.3) is 0 Å². The average Bonchev–Trinajstić information content (AvgIpc) is 2.05. The first-order valence-corrected chi connectivity index (χ1v) is 4.70. The van der Waals surface area contributed by atoms with E-state index in [1.807, 2.05) is 0 Å². The van der Waals surface area contributed by atoms with Crippen LogP contribution in [0.15, 0.2) is 0 Å². The van der Waals surface area contributed by atoms with Crippen LogP contribution in [0.25, 0.3) is 0 Å². The molecule has 0 aromatic carbocycles. The Hall–Kier alpha value is -0.0800. The zero-order valence-electron chi connectivity index (χ0n) is 8.01. The van der Waals surface area contributed by atoms with Gasteiger partial charge in [-0.1, -0.05) is 6.92 Å². The second-order valence-electron chi connectivity index (χ2n) is 3.61. The SMILES string of the molecule is CCN1CCCN(C(C)C)[13CH2]1. The largest absolute Gasteiger partial charge is 0.291 e. The summed E-state index contributed by atoms with van der Waals surface area (Å²) >= 11 is 0. The molecule has 1 saturated heterocycles. The Morgan fingerprint density at radius 2 is 2.00 bits per heavy atom. The van der Waals surface area contributed by atoms with Crippen LogP contribution < -0.4 is 0 Å². The lowest BCUT2D eigenvalue weighted by molar-refractivity contribution is 0.0668. The fourth-order valence-corrected chi connectivity index (χ4v) is 1.58. The first kappa shape index (κ1) is 9.01. The third-order valence-electron chi connectivity index (χ3n) is 2.48. The van der Waals surface area contributed by atoms with E-state index in [1.54, 1.807) is 0 Å². The van der Waals surface area contributed by atoms with Crippen LogP contribution in [0.3, 0.4) is 0 Å². The van der Waals surface area contributed by atoms with Crippen molar-refractivity contribution in [2.24, 2.45) is 0 Å². The Kier molecular flexibility index (Phi) is 3.34. The summed E-state index contributed by atoms with van der Waals surface area (Å²) in [6.07, 6.45) is 1.34. The molecule has 0 atom stereocenters. The lowest BCUT2D eigenvalue weighted by atomic mass is 10.3. The lowest BCUT2D eigenvalue weighted by Crippen LogP contribution is -2.47. The molecule has 0 aromatic rings. The Bertz CT molecular complexity index is 112. The minimum absolute atomic E-state index is 0.712. The molecule has 66 valence electrons. The van der Waals surface area contributed by atoms with Gasteiger partial charge in [0.1, 0.15) is 0 Å². The second-order valence-corrected chi connectivity index (χ2v) is 3.61. The molecule has 2 nitrogen and oxygen atoms in total. The molecule has 0 aromatic heterocycles. The lowest BCUT2D eigenvalue weighted by Gasteiger charge is -2.37. The molecule has 0 N–H and O–H groups in total. The molecule has 0 saturated carbocycles. The molecule has 1 aliphatic rings. The van der Waals surface area contributed by atoms with Crippen LogP contribution in [-0.4, -0.2) is 42.1 Å². The molecule has 0 spiro atoms. The van der Waals surface area contributed by atoms with Crippen molar-refractivity contribution in [3.8, 4) is 0 Å². The first-order valence-electron chi connectivity index (χ1n) is 4.70. The van der Waals surface area contributed by atoms with E-state index in [4.69, 9.17) is 0 Å². The van der Waals surface area contributed by atoms with Crippen LogP contribution in [-0.2, 0) is 0 Å². The number of hydrogen-bond acceptors (Lipinski definition) is 2. The van der Waals surface area contributed by atoms with Crippen molar-refractivity contribution in [1.82, 2.24) is 9.80 Å². The van der Waals surface area contributed by atoms with Crippen molar-refractivity contribution in [3.05, 3.63) is 0 Å². The van der Waals surface area contributed by atoms with Crippen molar-refractivity contribution in [2.45, 2.75) is 33.2 Å². The zero-order valence-corrected chi connectivity index (χ0v) is 8.01. The molecule has 2 heteroatoms. The number of rotatable bonds is 2. The van der Waals surface area contributed by atoms with Gasteiger partial charge in [0.15, 0.2) is 0 Å². The van der Waals surface area contributed by atoms with Gasteiger partial charge in [0.2, 0.25) is 0 Å². The van der Waals surface area contributed by atoms with Crippen LogP contribution in [0.4, 0.5) is 0 Å². The van der Waals surface area contributed by atoms with E-state index in [0.29, 0.717) is 6.04 Å². The molecule has 0 unspecified atom stereocenters. The molecule has 1 rings (SSSR count). The first-order chi connectivity index (χ1) is 5.24. The Balaban J connectivity index is 2.33. The van der Waals surface area contributed by atoms with Gasteiger partial charge >= 0.3 is 0 Å². The number of nitrogens with zero attached hydrogens (tertiary/aromatic N) is 2. The standard InChI is InChI=1S/C9H20N2/c1-4-10-6-5-7-11(8-10)9(2)3/h9H,4-8H2,1-3H3/i8+1. The third kappa shape index (κ3) is 2.46. The van der Waals surface area contributed by atoms with Crippen molar-refractivity contribution in [3.63, 3.8) is 0 Å². The Morgan fingerprint density at radius 1 is 1.27 bits per heavy atom. The van der Waals surface area contributed by atoms with Gasteiger partial charge < -0.3 is 0 Å². The van der Waals surface area contributed by atoms with Crippen molar-refractivity contribution in [1.29, 1.82) is 0 Å². The summed E-state index contributed by atoms with van der Waals surface area (Å²) in [6.45, 7) is 11.7. The highest BCUT2D eigenvalue weighted by atomic mass is 15.5. The Morgan fingerprint density at radius 3 is 2.55 bits per heavy atom. The van der Waals surface area contributed by atoms with Gasteiger partial charge in [-0.2, -0.15) is 0 Å². The molecule has 11 heavy (non-hydrogen) atoms.